The van der Waals surface area contributed by atoms with Gasteiger partial charge < -0.3 is 9.80 Å². The minimum atomic E-state index is 0.323. The first-order valence-electron chi connectivity index (χ1n) is 6.20. The van der Waals surface area contributed by atoms with Gasteiger partial charge in [-0.05, 0) is 67.8 Å². The smallest absolute Gasteiger partial charge is 0.0122 e. The van der Waals surface area contributed by atoms with E-state index in [-0.39, 0.29) is 0 Å². The van der Waals surface area contributed by atoms with E-state index in [9.17, 15) is 0 Å². The maximum Gasteiger partial charge on any atom is 0.0122 e. The molecule has 0 saturated carbocycles. The van der Waals surface area contributed by atoms with Gasteiger partial charge in [-0.1, -0.05) is 12.8 Å². The van der Waals surface area contributed by atoms with E-state index in [1.165, 1.54) is 38.8 Å². The van der Waals surface area contributed by atoms with Crippen molar-refractivity contribution in [3.63, 3.8) is 0 Å². The topological polar surface area (TPSA) is 6.48 Å². The van der Waals surface area contributed by atoms with Gasteiger partial charge in [-0.15, -0.1) is 0 Å². The SMILES string of the molecule is CN(C)CCCCCCN(C)C(C)(C)C. The first kappa shape index (κ1) is 14.9. The Morgan fingerprint density at radius 1 is 0.733 bits per heavy atom. The average Bonchev–Trinajstić information content (AvgIpc) is 2.08. The molecular formula is C13H30N2. The van der Waals surface area contributed by atoms with Crippen LogP contribution in [0.3, 0.4) is 0 Å². The van der Waals surface area contributed by atoms with Gasteiger partial charge in [0, 0.05) is 5.54 Å². The average molecular weight is 214 g/mol. The molecule has 2 nitrogen and oxygen atoms in total. The second-order valence-corrected chi connectivity index (χ2v) is 5.81. The van der Waals surface area contributed by atoms with Crippen molar-refractivity contribution in [2.24, 2.45) is 0 Å². The van der Waals surface area contributed by atoms with E-state index in [0.29, 0.717) is 5.54 Å². The highest BCUT2D eigenvalue weighted by Crippen LogP contribution is 2.11. The third kappa shape index (κ3) is 8.88. The number of rotatable bonds is 7. The predicted molar refractivity (Wildman–Crippen MR) is 69.4 cm³/mol. The monoisotopic (exact) mass is 214 g/mol. The summed E-state index contributed by atoms with van der Waals surface area (Å²) in [6.45, 7) is 9.29. The van der Waals surface area contributed by atoms with Crippen molar-refractivity contribution in [3.8, 4) is 0 Å². The zero-order valence-corrected chi connectivity index (χ0v) is 11.6. The Morgan fingerprint density at radius 2 is 1.20 bits per heavy atom. The lowest BCUT2D eigenvalue weighted by atomic mass is 10.1. The summed E-state index contributed by atoms with van der Waals surface area (Å²) in [6, 6.07) is 0. The van der Waals surface area contributed by atoms with E-state index in [2.05, 4.69) is 51.7 Å². The standard InChI is InChI=1S/C13H30N2/c1-13(2,3)15(6)12-10-8-7-9-11-14(4)5/h7-12H2,1-6H3. The second kappa shape index (κ2) is 7.24. The van der Waals surface area contributed by atoms with E-state index in [4.69, 9.17) is 0 Å². The lowest BCUT2D eigenvalue weighted by molar-refractivity contribution is 0.172. The summed E-state index contributed by atoms with van der Waals surface area (Å²) in [6.07, 6.45) is 5.41. The van der Waals surface area contributed by atoms with E-state index in [0.717, 1.165) is 0 Å². The van der Waals surface area contributed by atoms with Crippen LogP contribution in [0.4, 0.5) is 0 Å². The van der Waals surface area contributed by atoms with Crippen LogP contribution in [0, 0.1) is 0 Å². The molecule has 92 valence electrons. The molecule has 0 amide bonds. The minimum absolute atomic E-state index is 0.323. The van der Waals surface area contributed by atoms with Crippen LogP contribution in [0.5, 0.6) is 0 Å². The van der Waals surface area contributed by atoms with Gasteiger partial charge in [0.1, 0.15) is 0 Å². The molecule has 0 rings (SSSR count). The summed E-state index contributed by atoms with van der Waals surface area (Å²) in [7, 11) is 6.51. The van der Waals surface area contributed by atoms with Gasteiger partial charge in [-0.3, -0.25) is 0 Å². The molecule has 0 aliphatic rings. The number of hydrogen-bond donors (Lipinski definition) is 0. The number of hydrogen-bond acceptors (Lipinski definition) is 2. The Labute approximate surface area is 96.6 Å². The Kier molecular flexibility index (Phi) is 7.20. The van der Waals surface area contributed by atoms with Gasteiger partial charge in [-0.2, -0.15) is 0 Å². The first-order valence-corrected chi connectivity index (χ1v) is 6.20. The third-order valence-electron chi connectivity index (χ3n) is 2.99. The highest BCUT2D eigenvalue weighted by molar-refractivity contribution is 4.72. The van der Waals surface area contributed by atoms with Crippen LogP contribution in [-0.4, -0.2) is 49.6 Å². The molecule has 0 aliphatic carbocycles. The van der Waals surface area contributed by atoms with Gasteiger partial charge in [0.2, 0.25) is 0 Å². The molecule has 0 fully saturated rings. The van der Waals surface area contributed by atoms with Crippen LogP contribution in [-0.2, 0) is 0 Å². The third-order valence-corrected chi connectivity index (χ3v) is 2.99. The normalized spacial score (nSPS) is 12.8. The van der Waals surface area contributed by atoms with Crippen LogP contribution in [0.15, 0.2) is 0 Å². The second-order valence-electron chi connectivity index (χ2n) is 5.81. The molecule has 0 N–H and O–H groups in total. The molecule has 0 spiro atoms. The van der Waals surface area contributed by atoms with E-state index in [1.54, 1.807) is 0 Å². The molecule has 0 unspecified atom stereocenters. The molecule has 0 aromatic heterocycles. The quantitative estimate of drug-likeness (QED) is 0.601. The Morgan fingerprint density at radius 3 is 1.60 bits per heavy atom. The fourth-order valence-electron chi connectivity index (χ4n) is 1.47. The molecular weight excluding hydrogens is 184 g/mol. The Balaban J connectivity index is 3.32. The zero-order valence-electron chi connectivity index (χ0n) is 11.6. The zero-order chi connectivity index (χ0) is 11.9. The van der Waals surface area contributed by atoms with E-state index >= 15 is 0 Å². The molecule has 0 aliphatic heterocycles. The van der Waals surface area contributed by atoms with Crippen molar-refractivity contribution < 1.29 is 0 Å². The number of unbranched alkanes of at least 4 members (excludes halogenated alkanes) is 3. The van der Waals surface area contributed by atoms with Crippen LogP contribution >= 0.6 is 0 Å². The summed E-state index contributed by atoms with van der Waals surface area (Å²) < 4.78 is 0. The van der Waals surface area contributed by atoms with Crippen LogP contribution in [0.1, 0.15) is 46.5 Å². The summed E-state index contributed by atoms with van der Waals surface area (Å²) in [4.78, 5) is 4.71. The molecule has 0 atom stereocenters. The molecule has 0 bridgehead atoms. The first-order chi connectivity index (χ1) is 6.84. The van der Waals surface area contributed by atoms with Gasteiger partial charge in [0.25, 0.3) is 0 Å². The molecule has 0 aromatic rings. The fourth-order valence-corrected chi connectivity index (χ4v) is 1.47. The maximum absolute atomic E-state index is 2.44. The van der Waals surface area contributed by atoms with Crippen LogP contribution < -0.4 is 0 Å². The van der Waals surface area contributed by atoms with Gasteiger partial charge >= 0.3 is 0 Å². The fraction of sp³-hybridized carbons (Fsp3) is 1.00. The largest absolute Gasteiger partial charge is 0.309 e. The van der Waals surface area contributed by atoms with Crippen molar-refractivity contribution in [1.29, 1.82) is 0 Å². The lowest BCUT2D eigenvalue weighted by Gasteiger charge is -2.31. The van der Waals surface area contributed by atoms with Crippen molar-refractivity contribution in [2.75, 3.05) is 34.2 Å². The molecule has 0 saturated heterocycles. The number of nitrogens with zero attached hydrogens (tertiary/aromatic N) is 2. The van der Waals surface area contributed by atoms with Crippen molar-refractivity contribution in [3.05, 3.63) is 0 Å². The van der Waals surface area contributed by atoms with Crippen molar-refractivity contribution in [2.45, 2.75) is 52.0 Å². The summed E-state index contributed by atoms with van der Waals surface area (Å²) in [5, 5.41) is 0. The van der Waals surface area contributed by atoms with Gasteiger partial charge in [0.15, 0.2) is 0 Å². The Hall–Kier alpha value is -0.0800. The molecule has 0 radical (unpaired) electrons. The predicted octanol–water partition coefficient (Wildman–Crippen LogP) is 2.84. The van der Waals surface area contributed by atoms with Crippen LogP contribution in [0.25, 0.3) is 0 Å². The van der Waals surface area contributed by atoms with Crippen LogP contribution in [0.2, 0.25) is 0 Å². The molecule has 15 heavy (non-hydrogen) atoms. The minimum Gasteiger partial charge on any atom is -0.309 e. The van der Waals surface area contributed by atoms with Gasteiger partial charge in [-0.25, -0.2) is 0 Å². The molecule has 2 heteroatoms. The van der Waals surface area contributed by atoms with Crippen molar-refractivity contribution in [1.82, 2.24) is 9.80 Å². The summed E-state index contributed by atoms with van der Waals surface area (Å²) in [5.41, 5.74) is 0.323. The lowest BCUT2D eigenvalue weighted by Crippen LogP contribution is -2.38. The molecule has 0 aromatic carbocycles. The van der Waals surface area contributed by atoms with E-state index in [1.807, 2.05) is 0 Å². The van der Waals surface area contributed by atoms with E-state index < -0.39 is 0 Å². The Bertz CT molecular complexity index is 147. The summed E-state index contributed by atoms with van der Waals surface area (Å²) >= 11 is 0. The van der Waals surface area contributed by atoms with Gasteiger partial charge in [0.05, 0.1) is 0 Å². The maximum atomic E-state index is 2.44. The highest BCUT2D eigenvalue weighted by atomic mass is 15.1. The molecule has 0 heterocycles. The summed E-state index contributed by atoms with van der Waals surface area (Å²) in [5.74, 6) is 0. The highest BCUT2D eigenvalue weighted by Gasteiger charge is 2.15. The van der Waals surface area contributed by atoms with Crippen molar-refractivity contribution >= 4 is 0 Å².